The molecule has 0 aliphatic heterocycles. The smallest absolute Gasteiger partial charge is 0.126 e. The quantitative estimate of drug-likeness (QED) is 0.682. The molecule has 0 saturated carbocycles. The average Bonchev–Trinajstić information content (AvgIpc) is 2.59. The molecule has 22 heavy (non-hydrogen) atoms. The summed E-state index contributed by atoms with van der Waals surface area (Å²) in [7, 11) is 3.44. The van der Waals surface area contributed by atoms with E-state index >= 15 is 0 Å². The highest BCUT2D eigenvalue weighted by molar-refractivity contribution is 5.91. The number of rotatable bonds is 5. The van der Waals surface area contributed by atoms with Gasteiger partial charge in [-0.15, -0.1) is 0 Å². The Morgan fingerprint density at radius 2 is 1.23 bits per heavy atom. The number of hydrogen-bond donors (Lipinski definition) is 0. The first-order valence-electron chi connectivity index (χ1n) is 7.50. The van der Waals surface area contributed by atoms with E-state index < -0.39 is 0 Å². The van der Waals surface area contributed by atoms with Gasteiger partial charge in [0.15, 0.2) is 0 Å². The van der Waals surface area contributed by atoms with Crippen LogP contribution in [-0.2, 0) is 12.8 Å². The molecule has 2 heteroatoms. The van der Waals surface area contributed by atoms with Gasteiger partial charge in [-0.2, -0.15) is 0 Å². The summed E-state index contributed by atoms with van der Waals surface area (Å²) in [6, 6.07) is 20.8. The fraction of sp³-hybridized carbons (Fsp3) is 0.200. The Labute approximate surface area is 131 Å². The summed E-state index contributed by atoms with van der Waals surface area (Å²) in [4.78, 5) is 0. The van der Waals surface area contributed by atoms with Crippen molar-refractivity contribution in [1.82, 2.24) is 0 Å². The van der Waals surface area contributed by atoms with Crippen LogP contribution in [-0.4, -0.2) is 14.2 Å². The van der Waals surface area contributed by atoms with E-state index in [0.29, 0.717) is 0 Å². The summed E-state index contributed by atoms with van der Waals surface area (Å²) in [5.41, 5.74) is 2.58. The molecule has 3 aromatic rings. The summed E-state index contributed by atoms with van der Waals surface area (Å²) in [5.74, 6) is 1.89. The van der Waals surface area contributed by atoms with Crippen LogP contribution in [0.3, 0.4) is 0 Å². The van der Waals surface area contributed by atoms with Crippen LogP contribution in [0, 0.1) is 0 Å². The minimum Gasteiger partial charge on any atom is -0.496 e. The largest absolute Gasteiger partial charge is 0.496 e. The first-order chi connectivity index (χ1) is 10.8. The number of hydrogen-bond acceptors (Lipinski definition) is 2. The molecule has 0 bridgehead atoms. The standard InChI is InChI=1S/C20H20O2/c1-21-19-10-6-3-7-16(19)12-11-15-13-14-20(22-2)18-9-5-4-8-17(15)18/h3-10,13-14H,11-12H2,1-2H3. The number of methoxy groups -OCH3 is 2. The van der Waals surface area contributed by atoms with Crippen molar-refractivity contribution in [3.8, 4) is 11.5 Å². The Bertz CT molecular complexity index is 778. The molecule has 0 aliphatic carbocycles. The molecule has 0 spiro atoms. The molecule has 0 N–H and O–H groups in total. The molecular formula is C20H20O2. The third kappa shape index (κ3) is 2.77. The van der Waals surface area contributed by atoms with Crippen molar-refractivity contribution in [2.75, 3.05) is 14.2 Å². The van der Waals surface area contributed by atoms with Gasteiger partial charge in [-0.25, -0.2) is 0 Å². The van der Waals surface area contributed by atoms with Crippen LogP contribution in [0.5, 0.6) is 11.5 Å². The van der Waals surface area contributed by atoms with E-state index in [-0.39, 0.29) is 0 Å². The van der Waals surface area contributed by atoms with Crippen molar-refractivity contribution in [1.29, 1.82) is 0 Å². The Morgan fingerprint density at radius 1 is 0.591 bits per heavy atom. The van der Waals surface area contributed by atoms with E-state index in [2.05, 4.69) is 48.5 Å². The fourth-order valence-electron chi connectivity index (χ4n) is 2.91. The highest BCUT2D eigenvalue weighted by Crippen LogP contribution is 2.29. The van der Waals surface area contributed by atoms with Gasteiger partial charge in [0.2, 0.25) is 0 Å². The zero-order valence-corrected chi connectivity index (χ0v) is 13.0. The van der Waals surface area contributed by atoms with Crippen LogP contribution in [0.25, 0.3) is 10.8 Å². The van der Waals surface area contributed by atoms with Crippen LogP contribution in [0.4, 0.5) is 0 Å². The van der Waals surface area contributed by atoms with Crippen LogP contribution in [0.15, 0.2) is 60.7 Å². The highest BCUT2D eigenvalue weighted by Gasteiger charge is 2.07. The second-order valence-electron chi connectivity index (χ2n) is 5.28. The second-order valence-corrected chi connectivity index (χ2v) is 5.28. The lowest BCUT2D eigenvalue weighted by atomic mass is 9.97. The number of ether oxygens (including phenoxy) is 2. The lowest BCUT2D eigenvalue weighted by molar-refractivity contribution is 0.409. The third-order valence-corrected chi connectivity index (χ3v) is 4.05. The van der Waals surface area contributed by atoms with Crippen molar-refractivity contribution in [2.45, 2.75) is 12.8 Å². The minimum atomic E-state index is 0.927. The molecule has 0 heterocycles. The van der Waals surface area contributed by atoms with Gasteiger partial charge in [-0.3, -0.25) is 0 Å². The van der Waals surface area contributed by atoms with Crippen molar-refractivity contribution in [3.63, 3.8) is 0 Å². The summed E-state index contributed by atoms with van der Waals surface area (Å²) in [5, 5.41) is 2.43. The van der Waals surface area contributed by atoms with E-state index in [4.69, 9.17) is 9.47 Å². The Morgan fingerprint density at radius 3 is 2.00 bits per heavy atom. The Kier molecular flexibility index (Phi) is 4.29. The molecule has 0 aromatic heterocycles. The first-order valence-corrected chi connectivity index (χ1v) is 7.50. The predicted molar refractivity (Wildman–Crippen MR) is 90.9 cm³/mol. The normalized spacial score (nSPS) is 10.6. The van der Waals surface area contributed by atoms with E-state index in [9.17, 15) is 0 Å². The zero-order chi connectivity index (χ0) is 15.4. The number of benzene rings is 3. The number of para-hydroxylation sites is 1. The fourth-order valence-corrected chi connectivity index (χ4v) is 2.91. The maximum Gasteiger partial charge on any atom is 0.126 e. The van der Waals surface area contributed by atoms with Crippen molar-refractivity contribution in [3.05, 3.63) is 71.8 Å². The third-order valence-electron chi connectivity index (χ3n) is 4.05. The van der Waals surface area contributed by atoms with Gasteiger partial charge >= 0.3 is 0 Å². The van der Waals surface area contributed by atoms with Gasteiger partial charge in [-0.05, 0) is 41.5 Å². The van der Waals surface area contributed by atoms with Crippen molar-refractivity contribution >= 4 is 10.8 Å². The molecule has 0 radical (unpaired) electrons. The van der Waals surface area contributed by atoms with E-state index in [0.717, 1.165) is 24.3 Å². The maximum absolute atomic E-state index is 5.46. The summed E-state index contributed by atoms with van der Waals surface area (Å²) < 4.78 is 10.9. The molecule has 112 valence electrons. The molecule has 0 aliphatic rings. The predicted octanol–water partition coefficient (Wildman–Crippen LogP) is 4.64. The van der Waals surface area contributed by atoms with Crippen LogP contribution >= 0.6 is 0 Å². The second kappa shape index (κ2) is 6.52. The SMILES string of the molecule is COc1ccccc1CCc1ccc(OC)c2ccccc12. The molecule has 0 amide bonds. The molecule has 3 rings (SSSR count). The van der Waals surface area contributed by atoms with Crippen molar-refractivity contribution in [2.24, 2.45) is 0 Å². The van der Waals surface area contributed by atoms with Gasteiger partial charge in [0, 0.05) is 5.39 Å². The van der Waals surface area contributed by atoms with Gasteiger partial charge in [0.05, 0.1) is 14.2 Å². The summed E-state index contributed by atoms with van der Waals surface area (Å²) >= 11 is 0. The van der Waals surface area contributed by atoms with Crippen LogP contribution in [0.2, 0.25) is 0 Å². The van der Waals surface area contributed by atoms with E-state index in [1.807, 2.05) is 12.1 Å². The molecule has 0 fully saturated rings. The average molecular weight is 292 g/mol. The van der Waals surface area contributed by atoms with E-state index in [1.165, 1.54) is 21.9 Å². The monoisotopic (exact) mass is 292 g/mol. The molecule has 0 unspecified atom stereocenters. The van der Waals surface area contributed by atoms with Crippen molar-refractivity contribution < 1.29 is 9.47 Å². The molecule has 0 saturated heterocycles. The summed E-state index contributed by atoms with van der Waals surface area (Å²) in [6.45, 7) is 0. The summed E-state index contributed by atoms with van der Waals surface area (Å²) in [6.07, 6.45) is 1.94. The molecular weight excluding hydrogens is 272 g/mol. The van der Waals surface area contributed by atoms with E-state index in [1.54, 1.807) is 14.2 Å². The van der Waals surface area contributed by atoms with Crippen LogP contribution < -0.4 is 9.47 Å². The topological polar surface area (TPSA) is 18.5 Å². The molecule has 3 aromatic carbocycles. The highest BCUT2D eigenvalue weighted by atomic mass is 16.5. The minimum absolute atomic E-state index is 0.927. The van der Waals surface area contributed by atoms with Gasteiger partial charge in [0.25, 0.3) is 0 Å². The lowest BCUT2D eigenvalue weighted by Gasteiger charge is -2.12. The van der Waals surface area contributed by atoms with Gasteiger partial charge < -0.3 is 9.47 Å². The lowest BCUT2D eigenvalue weighted by Crippen LogP contribution is -1.97. The van der Waals surface area contributed by atoms with Gasteiger partial charge in [0.1, 0.15) is 11.5 Å². The molecule has 2 nitrogen and oxygen atoms in total. The number of fused-ring (bicyclic) bond motifs is 1. The Hall–Kier alpha value is -2.48. The maximum atomic E-state index is 5.46. The zero-order valence-electron chi connectivity index (χ0n) is 13.0. The van der Waals surface area contributed by atoms with Crippen LogP contribution in [0.1, 0.15) is 11.1 Å². The first kappa shape index (κ1) is 14.5. The Balaban J connectivity index is 1.91. The molecule has 0 atom stereocenters. The van der Waals surface area contributed by atoms with Gasteiger partial charge in [-0.1, -0.05) is 48.5 Å². The number of aryl methyl sites for hydroxylation is 2.